The number of alkyl halides is 3. The molecule has 6 rings (SSSR count). The molecule has 4 aromatic rings. The van der Waals surface area contributed by atoms with E-state index in [-0.39, 0.29) is 16.8 Å². The number of halogens is 3. The zero-order chi connectivity index (χ0) is 29.4. The predicted molar refractivity (Wildman–Crippen MR) is 156 cm³/mol. The lowest BCUT2D eigenvalue weighted by atomic mass is 9.99. The third kappa shape index (κ3) is 6.08. The maximum absolute atomic E-state index is 12.9. The van der Waals surface area contributed by atoms with Gasteiger partial charge in [0, 0.05) is 61.0 Å². The van der Waals surface area contributed by atoms with Crippen LogP contribution < -0.4 is 10.6 Å². The molecule has 12 heteroatoms. The number of hydrogen-bond donors (Lipinski definition) is 2. The fraction of sp³-hybridized carbons (Fsp3) is 0.467. The Kier molecular flexibility index (Phi) is 7.81. The number of piperidine rings is 2. The van der Waals surface area contributed by atoms with E-state index < -0.39 is 12.6 Å². The Hall–Kier alpha value is -3.69. The first kappa shape index (κ1) is 28.4. The molecule has 0 aliphatic carbocycles. The van der Waals surface area contributed by atoms with Crippen LogP contribution in [0.25, 0.3) is 21.1 Å². The van der Waals surface area contributed by atoms with Crippen molar-refractivity contribution < 1.29 is 18.0 Å². The van der Waals surface area contributed by atoms with Crippen LogP contribution in [0.1, 0.15) is 47.4 Å². The molecule has 1 unspecified atom stereocenters. The molecule has 1 aromatic carbocycles. The number of anilines is 1. The number of fused-ring (bicyclic) bond motifs is 2. The minimum Gasteiger partial charge on any atom is -0.367 e. The van der Waals surface area contributed by atoms with E-state index in [1.807, 2.05) is 6.07 Å². The first-order valence-electron chi connectivity index (χ1n) is 14.2. The number of likely N-dealkylation sites (tertiary alicyclic amines) is 1. The molecule has 2 saturated heterocycles. The zero-order valence-electron chi connectivity index (χ0n) is 23.3. The number of benzene rings is 1. The van der Waals surface area contributed by atoms with Crippen molar-refractivity contribution in [2.45, 2.75) is 64.3 Å². The summed E-state index contributed by atoms with van der Waals surface area (Å²) in [6.45, 7) is 6.03. The lowest BCUT2D eigenvalue weighted by Crippen LogP contribution is -2.39. The Morgan fingerprint density at radius 1 is 1.17 bits per heavy atom. The second-order valence-electron chi connectivity index (χ2n) is 11.4. The van der Waals surface area contributed by atoms with Crippen LogP contribution in [0.3, 0.4) is 0 Å². The number of nitrogens with one attached hydrogen (secondary N) is 2. The van der Waals surface area contributed by atoms with Gasteiger partial charge in [-0.1, -0.05) is 6.07 Å². The molecule has 0 radical (unpaired) electrons. The number of thiophene rings is 1. The zero-order valence-corrected chi connectivity index (χ0v) is 24.1. The molecular formula is C30H32F3N7OS. The number of rotatable bonds is 7. The molecule has 0 bridgehead atoms. The van der Waals surface area contributed by atoms with Crippen molar-refractivity contribution in [2.75, 3.05) is 25.0 Å². The second kappa shape index (κ2) is 11.5. The van der Waals surface area contributed by atoms with Gasteiger partial charge in [-0.15, -0.1) is 11.3 Å². The molecular weight excluding hydrogens is 563 g/mol. The normalized spacial score (nSPS) is 18.8. The average molecular weight is 596 g/mol. The predicted octanol–water partition coefficient (Wildman–Crippen LogP) is 5.53. The number of carbonyl (C=O) groups is 1. The van der Waals surface area contributed by atoms with Crippen LogP contribution in [0.4, 0.5) is 19.0 Å². The van der Waals surface area contributed by atoms with Crippen LogP contribution >= 0.6 is 11.3 Å². The highest BCUT2D eigenvalue weighted by atomic mass is 32.1. The minimum atomic E-state index is -4.26. The highest BCUT2D eigenvalue weighted by Gasteiger charge is 2.29. The van der Waals surface area contributed by atoms with Crippen LogP contribution in [-0.4, -0.2) is 57.2 Å². The lowest BCUT2D eigenvalue weighted by Gasteiger charge is -2.33. The Bertz CT molecular complexity index is 1650. The quantitative estimate of drug-likeness (QED) is 0.292. The van der Waals surface area contributed by atoms with Gasteiger partial charge < -0.3 is 15.2 Å². The number of amides is 1. The van der Waals surface area contributed by atoms with Crippen molar-refractivity contribution in [3.05, 3.63) is 52.3 Å². The molecule has 2 aliphatic heterocycles. The van der Waals surface area contributed by atoms with Gasteiger partial charge in [0.1, 0.15) is 28.7 Å². The van der Waals surface area contributed by atoms with Crippen LogP contribution in [0, 0.1) is 24.2 Å². The molecule has 2 fully saturated rings. The Balaban J connectivity index is 1.10. The minimum absolute atomic E-state index is 0.0941. The SMILES string of the molecule is Cc1c(CN2CCC(Nc3ncnc4sc(CC(F)(F)F)cc34)CC2)ccc2c1cc(C#N)n2CC1CCC(=O)NC1. The molecule has 42 heavy (non-hydrogen) atoms. The maximum Gasteiger partial charge on any atom is 0.393 e. The number of aryl methyl sites for hydroxylation is 1. The van der Waals surface area contributed by atoms with Gasteiger partial charge in [-0.05, 0) is 61.4 Å². The summed E-state index contributed by atoms with van der Waals surface area (Å²) in [5.41, 5.74) is 4.10. The van der Waals surface area contributed by atoms with Gasteiger partial charge in [0.15, 0.2) is 0 Å². The molecule has 1 atom stereocenters. The summed E-state index contributed by atoms with van der Waals surface area (Å²) in [5.74, 6) is 0.995. The fourth-order valence-electron chi connectivity index (χ4n) is 6.15. The van der Waals surface area contributed by atoms with Crippen molar-refractivity contribution in [1.29, 1.82) is 5.26 Å². The van der Waals surface area contributed by atoms with Crippen molar-refractivity contribution in [3.8, 4) is 6.07 Å². The Morgan fingerprint density at radius 2 is 1.98 bits per heavy atom. The highest BCUT2D eigenvalue weighted by molar-refractivity contribution is 7.18. The van der Waals surface area contributed by atoms with E-state index in [1.54, 1.807) is 6.07 Å². The molecule has 1 amide bonds. The Morgan fingerprint density at radius 3 is 2.69 bits per heavy atom. The lowest BCUT2D eigenvalue weighted by molar-refractivity contribution is -0.126. The summed E-state index contributed by atoms with van der Waals surface area (Å²) in [4.78, 5) is 23.3. The van der Waals surface area contributed by atoms with Crippen molar-refractivity contribution in [3.63, 3.8) is 0 Å². The first-order chi connectivity index (χ1) is 20.2. The summed E-state index contributed by atoms with van der Waals surface area (Å²) in [7, 11) is 0. The number of carbonyl (C=O) groups excluding carboxylic acids is 1. The summed E-state index contributed by atoms with van der Waals surface area (Å²) in [6, 6.07) is 10.3. The molecule has 0 spiro atoms. The van der Waals surface area contributed by atoms with E-state index in [9.17, 15) is 23.2 Å². The molecule has 220 valence electrons. The largest absolute Gasteiger partial charge is 0.393 e. The van der Waals surface area contributed by atoms with E-state index in [1.165, 1.54) is 17.5 Å². The smallest absolute Gasteiger partial charge is 0.367 e. The third-order valence-corrected chi connectivity index (χ3v) is 9.51. The van der Waals surface area contributed by atoms with Crippen molar-refractivity contribution in [2.24, 2.45) is 5.92 Å². The van der Waals surface area contributed by atoms with E-state index in [4.69, 9.17) is 0 Å². The van der Waals surface area contributed by atoms with E-state index in [0.717, 1.165) is 61.1 Å². The van der Waals surface area contributed by atoms with Crippen LogP contribution in [-0.2, 0) is 24.3 Å². The summed E-state index contributed by atoms with van der Waals surface area (Å²) in [5, 5.41) is 18.0. The molecule has 2 aliphatic rings. The monoisotopic (exact) mass is 595 g/mol. The van der Waals surface area contributed by atoms with Gasteiger partial charge in [-0.3, -0.25) is 9.69 Å². The molecule has 3 aromatic heterocycles. The number of nitriles is 1. The van der Waals surface area contributed by atoms with Gasteiger partial charge in [-0.25, -0.2) is 9.97 Å². The maximum atomic E-state index is 12.9. The fourth-order valence-corrected chi connectivity index (χ4v) is 7.18. The Labute approximate surface area is 245 Å². The highest BCUT2D eigenvalue weighted by Crippen LogP contribution is 2.34. The van der Waals surface area contributed by atoms with Gasteiger partial charge in [-0.2, -0.15) is 18.4 Å². The third-order valence-electron chi connectivity index (χ3n) is 8.47. The van der Waals surface area contributed by atoms with Crippen LogP contribution in [0.15, 0.2) is 30.6 Å². The first-order valence-corrected chi connectivity index (χ1v) is 15.1. The van der Waals surface area contributed by atoms with Crippen LogP contribution in [0.2, 0.25) is 0 Å². The van der Waals surface area contributed by atoms with Gasteiger partial charge >= 0.3 is 6.18 Å². The topological polar surface area (TPSA) is 98.9 Å². The molecule has 5 heterocycles. The van der Waals surface area contributed by atoms with Gasteiger partial charge in [0.25, 0.3) is 0 Å². The van der Waals surface area contributed by atoms with Crippen molar-refractivity contribution in [1.82, 2.24) is 24.8 Å². The molecule has 2 N–H and O–H groups in total. The van der Waals surface area contributed by atoms with Gasteiger partial charge in [0.2, 0.25) is 5.91 Å². The number of aromatic nitrogens is 3. The summed E-state index contributed by atoms with van der Waals surface area (Å²) >= 11 is 1.06. The van der Waals surface area contributed by atoms with E-state index >= 15 is 0 Å². The second-order valence-corrected chi connectivity index (χ2v) is 12.5. The van der Waals surface area contributed by atoms with Crippen molar-refractivity contribution >= 4 is 44.2 Å². The number of nitrogens with zero attached hydrogens (tertiary/aromatic N) is 5. The average Bonchev–Trinajstić information content (AvgIpc) is 3.53. The van der Waals surface area contributed by atoms with E-state index in [2.05, 4.69) is 55.2 Å². The summed E-state index contributed by atoms with van der Waals surface area (Å²) in [6.07, 6.45) is -0.675. The number of hydrogen-bond acceptors (Lipinski definition) is 7. The molecule has 8 nitrogen and oxygen atoms in total. The standard InChI is InChI=1S/C30H32F3N7OS/c1-18-20(3-4-26-24(18)10-22(13-34)40(26)15-19-2-5-27(41)35-14-19)16-39-8-6-21(7-9-39)38-28-25-11-23(12-30(31,32)33)42-29(25)37-17-36-28/h3-4,10-11,17,19,21H,2,5-9,12,14-16H2,1H3,(H,35,41)(H,36,37,38). The summed E-state index contributed by atoms with van der Waals surface area (Å²) < 4.78 is 40.8. The molecule has 0 saturated carbocycles. The van der Waals surface area contributed by atoms with Crippen LogP contribution in [0.5, 0.6) is 0 Å². The van der Waals surface area contributed by atoms with E-state index in [0.29, 0.717) is 47.2 Å². The van der Waals surface area contributed by atoms with Gasteiger partial charge in [0.05, 0.1) is 11.8 Å².